The molecule has 21 heavy (non-hydrogen) atoms. The minimum atomic E-state index is 0.454. The van der Waals surface area contributed by atoms with Gasteiger partial charge < -0.3 is 10.6 Å². The molecule has 5 heteroatoms. The lowest BCUT2D eigenvalue weighted by Gasteiger charge is -2.32. The molecule has 0 aromatic heterocycles. The molecule has 1 aromatic rings. The van der Waals surface area contributed by atoms with E-state index in [9.17, 15) is 0 Å². The summed E-state index contributed by atoms with van der Waals surface area (Å²) in [4.78, 5) is 5.61. The van der Waals surface area contributed by atoms with Gasteiger partial charge in [0.2, 0.25) is 0 Å². The summed E-state index contributed by atoms with van der Waals surface area (Å²) in [6.07, 6.45) is 5.40. The number of hydrogen-bond donors (Lipinski definition) is 1. The number of hydrogen-bond acceptors (Lipinski definition) is 3. The molecule has 2 N–H and O–H groups in total. The highest BCUT2D eigenvalue weighted by Crippen LogP contribution is 2.31. The number of anilines is 1. The minimum Gasteiger partial charge on any atom is -0.389 e. The van der Waals surface area contributed by atoms with Crippen molar-refractivity contribution in [2.75, 3.05) is 31.1 Å². The van der Waals surface area contributed by atoms with Gasteiger partial charge in [0, 0.05) is 29.2 Å². The SMILES string of the molecule is NC(=S)c1ccc(N2CCC(N3CCCCC3)C2)c(Br)c1. The minimum absolute atomic E-state index is 0.454. The van der Waals surface area contributed by atoms with Crippen molar-refractivity contribution in [2.24, 2.45) is 5.73 Å². The number of nitrogens with two attached hydrogens (primary N) is 1. The van der Waals surface area contributed by atoms with Crippen molar-refractivity contribution in [2.45, 2.75) is 31.7 Å². The molecule has 2 saturated heterocycles. The van der Waals surface area contributed by atoms with E-state index in [1.54, 1.807) is 0 Å². The Morgan fingerprint density at radius 2 is 1.95 bits per heavy atom. The molecule has 2 fully saturated rings. The van der Waals surface area contributed by atoms with Crippen molar-refractivity contribution < 1.29 is 0 Å². The zero-order chi connectivity index (χ0) is 14.8. The monoisotopic (exact) mass is 367 g/mol. The quantitative estimate of drug-likeness (QED) is 0.831. The molecule has 2 aliphatic heterocycles. The Hall–Kier alpha value is -0.650. The van der Waals surface area contributed by atoms with E-state index >= 15 is 0 Å². The van der Waals surface area contributed by atoms with Crippen molar-refractivity contribution in [3.63, 3.8) is 0 Å². The number of benzene rings is 1. The molecule has 1 unspecified atom stereocenters. The van der Waals surface area contributed by atoms with Crippen molar-refractivity contribution in [1.82, 2.24) is 4.90 Å². The average molecular weight is 368 g/mol. The van der Waals surface area contributed by atoms with Crippen molar-refractivity contribution in [1.29, 1.82) is 0 Å². The smallest absolute Gasteiger partial charge is 0.104 e. The van der Waals surface area contributed by atoms with Crippen LogP contribution in [-0.4, -0.2) is 42.1 Å². The number of piperidine rings is 1. The highest BCUT2D eigenvalue weighted by molar-refractivity contribution is 9.10. The van der Waals surface area contributed by atoms with Gasteiger partial charge in [-0.25, -0.2) is 0 Å². The van der Waals surface area contributed by atoms with Crippen LogP contribution in [-0.2, 0) is 0 Å². The lowest BCUT2D eigenvalue weighted by Crippen LogP contribution is -2.40. The standard InChI is InChI=1S/C16H22BrN3S/c17-14-10-12(16(18)21)4-5-15(14)20-9-6-13(11-20)19-7-2-1-3-8-19/h4-5,10,13H,1-3,6-9,11H2,(H2,18,21). The van der Waals surface area contributed by atoms with Gasteiger partial charge in [-0.15, -0.1) is 0 Å². The van der Waals surface area contributed by atoms with E-state index in [1.807, 2.05) is 12.1 Å². The first-order valence-corrected chi connectivity index (χ1v) is 8.93. The van der Waals surface area contributed by atoms with Gasteiger partial charge in [0.1, 0.15) is 4.99 Å². The predicted octanol–water partition coefficient (Wildman–Crippen LogP) is 3.15. The van der Waals surface area contributed by atoms with Gasteiger partial charge in [0.15, 0.2) is 0 Å². The molecule has 114 valence electrons. The largest absolute Gasteiger partial charge is 0.389 e. The first kappa shape index (κ1) is 15.3. The highest BCUT2D eigenvalue weighted by atomic mass is 79.9. The highest BCUT2D eigenvalue weighted by Gasteiger charge is 2.29. The molecule has 1 aromatic carbocycles. The Morgan fingerprint density at radius 1 is 1.19 bits per heavy atom. The summed E-state index contributed by atoms with van der Waals surface area (Å²) in [5, 5.41) is 0. The number of likely N-dealkylation sites (tertiary alicyclic amines) is 1. The van der Waals surface area contributed by atoms with E-state index in [-0.39, 0.29) is 0 Å². The first-order valence-electron chi connectivity index (χ1n) is 7.73. The van der Waals surface area contributed by atoms with Gasteiger partial charge in [0.05, 0.1) is 5.69 Å². The average Bonchev–Trinajstić information content (AvgIpc) is 2.97. The summed E-state index contributed by atoms with van der Waals surface area (Å²) in [6, 6.07) is 6.91. The van der Waals surface area contributed by atoms with Gasteiger partial charge >= 0.3 is 0 Å². The summed E-state index contributed by atoms with van der Waals surface area (Å²) in [5.41, 5.74) is 7.88. The van der Waals surface area contributed by atoms with E-state index in [0.29, 0.717) is 11.0 Å². The second-order valence-corrected chi connectivity index (χ2v) is 7.31. The predicted molar refractivity (Wildman–Crippen MR) is 96.1 cm³/mol. The topological polar surface area (TPSA) is 32.5 Å². The molecule has 0 spiro atoms. The third-order valence-electron chi connectivity index (χ3n) is 4.64. The van der Waals surface area contributed by atoms with Crippen LogP contribution in [0.25, 0.3) is 0 Å². The molecule has 0 radical (unpaired) electrons. The van der Waals surface area contributed by atoms with Crippen molar-refractivity contribution >= 4 is 38.8 Å². The fourth-order valence-electron chi connectivity index (χ4n) is 3.46. The Kier molecular flexibility index (Phi) is 4.82. The maximum absolute atomic E-state index is 5.70. The van der Waals surface area contributed by atoms with Crippen LogP contribution in [0, 0.1) is 0 Å². The summed E-state index contributed by atoms with van der Waals surface area (Å²) >= 11 is 8.71. The van der Waals surface area contributed by atoms with E-state index in [1.165, 1.54) is 44.5 Å². The molecule has 2 heterocycles. The molecule has 3 nitrogen and oxygen atoms in total. The number of rotatable bonds is 3. The molecule has 1 atom stereocenters. The van der Waals surface area contributed by atoms with E-state index in [4.69, 9.17) is 18.0 Å². The molecular formula is C16H22BrN3S. The van der Waals surface area contributed by atoms with Gasteiger partial charge in [-0.05, 0) is 66.5 Å². The van der Waals surface area contributed by atoms with Gasteiger partial charge in [-0.2, -0.15) is 0 Å². The molecular weight excluding hydrogens is 346 g/mol. The van der Waals surface area contributed by atoms with E-state index in [0.717, 1.165) is 23.1 Å². The normalized spacial score (nSPS) is 23.5. The maximum Gasteiger partial charge on any atom is 0.104 e. The molecule has 3 rings (SSSR count). The van der Waals surface area contributed by atoms with Crippen molar-refractivity contribution in [3.8, 4) is 0 Å². The third kappa shape index (κ3) is 3.41. The second kappa shape index (κ2) is 6.63. The molecule has 0 bridgehead atoms. The van der Waals surface area contributed by atoms with Crippen LogP contribution in [0.4, 0.5) is 5.69 Å². The van der Waals surface area contributed by atoms with Crippen LogP contribution < -0.4 is 10.6 Å². The molecule has 0 amide bonds. The van der Waals surface area contributed by atoms with Crippen LogP contribution in [0.2, 0.25) is 0 Å². The van der Waals surface area contributed by atoms with E-state index < -0.39 is 0 Å². The molecule has 0 saturated carbocycles. The fraction of sp³-hybridized carbons (Fsp3) is 0.562. The Morgan fingerprint density at radius 3 is 2.62 bits per heavy atom. The maximum atomic E-state index is 5.70. The Balaban J connectivity index is 1.69. The zero-order valence-corrected chi connectivity index (χ0v) is 14.6. The molecule has 2 aliphatic rings. The molecule has 0 aliphatic carbocycles. The lowest BCUT2D eigenvalue weighted by atomic mass is 10.1. The van der Waals surface area contributed by atoms with Crippen LogP contribution in [0.5, 0.6) is 0 Å². The van der Waals surface area contributed by atoms with Gasteiger partial charge in [-0.1, -0.05) is 18.6 Å². The van der Waals surface area contributed by atoms with Crippen LogP contribution in [0.15, 0.2) is 22.7 Å². The second-order valence-electron chi connectivity index (χ2n) is 6.02. The van der Waals surface area contributed by atoms with Gasteiger partial charge in [-0.3, -0.25) is 4.90 Å². The summed E-state index contributed by atoms with van der Waals surface area (Å²) in [7, 11) is 0. The lowest BCUT2D eigenvalue weighted by molar-refractivity contribution is 0.175. The number of halogens is 1. The Bertz CT molecular complexity index is 528. The third-order valence-corrected chi connectivity index (χ3v) is 5.51. The van der Waals surface area contributed by atoms with Crippen LogP contribution in [0.1, 0.15) is 31.2 Å². The fourth-order valence-corrected chi connectivity index (χ4v) is 4.22. The zero-order valence-electron chi connectivity index (χ0n) is 12.2. The first-order chi connectivity index (χ1) is 10.1. The number of thiocarbonyl (C=S) groups is 1. The van der Waals surface area contributed by atoms with Crippen LogP contribution in [0.3, 0.4) is 0 Å². The van der Waals surface area contributed by atoms with E-state index in [2.05, 4.69) is 31.8 Å². The Labute approximate surface area is 140 Å². The van der Waals surface area contributed by atoms with Crippen LogP contribution >= 0.6 is 28.1 Å². The summed E-state index contributed by atoms with van der Waals surface area (Å²) in [6.45, 7) is 4.82. The number of nitrogens with zero attached hydrogens (tertiary/aromatic N) is 2. The summed E-state index contributed by atoms with van der Waals surface area (Å²) < 4.78 is 1.09. The van der Waals surface area contributed by atoms with Gasteiger partial charge in [0.25, 0.3) is 0 Å². The summed E-state index contributed by atoms with van der Waals surface area (Å²) in [5.74, 6) is 0. The van der Waals surface area contributed by atoms with Crippen molar-refractivity contribution in [3.05, 3.63) is 28.2 Å².